The summed E-state index contributed by atoms with van der Waals surface area (Å²) in [6.07, 6.45) is 3.21. The summed E-state index contributed by atoms with van der Waals surface area (Å²) in [4.78, 5) is 14.2. The van der Waals surface area contributed by atoms with Gasteiger partial charge in [-0.25, -0.2) is 0 Å². The molecule has 3 rings (SSSR count). The minimum Gasteiger partial charge on any atom is -0.399 e. The third kappa shape index (κ3) is 2.59. The van der Waals surface area contributed by atoms with Crippen molar-refractivity contribution in [3.8, 4) is 0 Å². The molecule has 0 aliphatic carbocycles. The molecule has 0 radical (unpaired) electrons. The smallest absolute Gasteiger partial charge is 0.224 e. The Bertz CT molecular complexity index is 457. The maximum absolute atomic E-state index is 11.7. The van der Waals surface area contributed by atoms with E-state index >= 15 is 0 Å². The van der Waals surface area contributed by atoms with Crippen molar-refractivity contribution in [3.63, 3.8) is 0 Å². The Morgan fingerprint density at radius 2 is 2.11 bits per heavy atom. The molecule has 1 aromatic rings. The van der Waals surface area contributed by atoms with E-state index in [0.29, 0.717) is 6.04 Å². The molecule has 4 heteroatoms. The molecule has 2 unspecified atom stereocenters. The molecular weight excluding hydrogens is 238 g/mol. The lowest BCUT2D eigenvalue weighted by Gasteiger charge is -2.35. The Morgan fingerprint density at radius 1 is 1.32 bits per heavy atom. The molecule has 1 aromatic carbocycles. The van der Waals surface area contributed by atoms with Gasteiger partial charge in [0.2, 0.25) is 5.91 Å². The summed E-state index contributed by atoms with van der Waals surface area (Å²) < 4.78 is 0. The van der Waals surface area contributed by atoms with E-state index in [0.717, 1.165) is 44.6 Å². The van der Waals surface area contributed by atoms with Gasteiger partial charge in [0.05, 0.1) is 5.92 Å². The van der Waals surface area contributed by atoms with Gasteiger partial charge in [0.1, 0.15) is 0 Å². The number of rotatable bonds is 3. The number of amides is 1. The summed E-state index contributed by atoms with van der Waals surface area (Å²) in [7, 11) is 0. The monoisotopic (exact) mass is 259 g/mol. The Hall–Kier alpha value is -1.55. The van der Waals surface area contributed by atoms with Gasteiger partial charge in [-0.1, -0.05) is 12.1 Å². The second-order valence-corrected chi connectivity index (χ2v) is 5.59. The molecule has 0 spiro atoms. The fourth-order valence-electron chi connectivity index (χ4n) is 3.28. The highest BCUT2D eigenvalue weighted by molar-refractivity contribution is 5.82. The maximum atomic E-state index is 11.7. The third-order valence-corrected chi connectivity index (χ3v) is 4.38. The quantitative estimate of drug-likeness (QED) is 0.797. The van der Waals surface area contributed by atoms with Gasteiger partial charge in [0.15, 0.2) is 0 Å². The summed E-state index contributed by atoms with van der Waals surface area (Å²) in [5.41, 5.74) is 7.82. The van der Waals surface area contributed by atoms with E-state index < -0.39 is 0 Å². The van der Waals surface area contributed by atoms with Crippen LogP contribution in [0.3, 0.4) is 0 Å². The lowest BCUT2D eigenvalue weighted by Crippen LogP contribution is -2.46. The van der Waals surface area contributed by atoms with Gasteiger partial charge in [0, 0.05) is 24.8 Å². The van der Waals surface area contributed by atoms with Gasteiger partial charge >= 0.3 is 0 Å². The number of anilines is 1. The highest BCUT2D eigenvalue weighted by Crippen LogP contribution is 2.27. The van der Waals surface area contributed by atoms with Crippen LogP contribution in [-0.2, 0) is 11.2 Å². The van der Waals surface area contributed by atoms with Crippen LogP contribution in [0.5, 0.6) is 0 Å². The van der Waals surface area contributed by atoms with E-state index in [1.54, 1.807) is 0 Å². The number of fused-ring (bicyclic) bond motifs is 1. The number of carbonyl (C=O) groups is 1. The molecule has 2 saturated heterocycles. The number of piperidine rings is 1. The van der Waals surface area contributed by atoms with Crippen LogP contribution in [-0.4, -0.2) is 36.5 Å². The average Bonchev–Trinajstić information content (AvgIpc) is 2.81. The highest BCUT2D eigenvalue weighted by Gasteiger charge is 2.40. The number of hydrogen-bond donors (Lipinski definition) is 2. The first-order valence-corrected chi connectivity index (χ1v) is 7.10. The third-order valence-electron chi connectivity index (χ3n) is 4.38. The number of carbonyl (C=O) groups excluding carboxylic acids is 1. The molecule has 4 nitrogen and oxygen atoms in total. The molecule has 0 saturated carbocycles. The van der Waals surface area contributed by atoms with Crippen LogP contribution in [0.25, 0.3) is 0 Å². The average molecular weight is 259 g/mol. The Morgan fingerprint density at radius 3 is 2.89 bits per heavy atom. The fraction of sp³-hybridized carbons (Fsp3) is 0.533. The molecule has 2 heterocycles. The van der Waals surface area contributed by atoms with Gasteiger partial charge < -0.3 is 11.1 Å². The summed E-state index contributed by atoms with van der Waals surface area (Å²) in [5.74, 6) is 0.474. The topological polar surface area (TPSA) is 58.4 Å². The lowest BCUT2D eigenvalue weighted by molar-refractivity contribution is -0.124. The largest absolute Gasteiger partial charge is 0.399 e. The van der Waals surface area contributed by atoms with Gasteiger partial charge in [-0.15, -0.1) is 0 Å². The Kier molecular flexibility index (Phi) is 3.42. The number of nitrogens with one attached hydrogen (secondary N) is 1. The SMILES string of the molecule is Nc1ccc(CCN2CCCC3C(=O)NCC32)cc1. The van der Waals surface area contributed by atoms with E-state index in [1.165, 1.54) is 5.56 Å². The van der Waals surface area contributed by atoms with E-state index in [9.17, 15) is 4.79 Å². The molecule has 19 heavy (non-hydrogen) atoms. The van der Waals surface area contributed by atoms with E-state index in [2.05, 4.69) is 22.3 Å². The Balaban J connectivity index is 1.60. The number of nitrogens with two attached hydrogens (primary N) is 1. The second kappa shape index (κ2) is 5.21. The van der Waals surface area contributed by atoms with Gasteiger partial charge in [0.25, 0.3) is 0 Å². The maximum Gasteiger partial charge on any atom is 0.224 e. The minimum absolute atomic E-state index is 0.222. The summed E-state index contributed by atoms with van der Waals surface area (Å²) in [5, 5.41) is 3.00. The minimum atomic E-state index is 0.222. The van der Waals surface area contributed by atoms with Crippen LogP contribution in [0.15, 0.2) is 24.3 Å². The molecule has 2 aliphatic rings. The summed E-state index contributed by atoms with van der Waals surface area (Å²) in [6, 6.07) is 8.50. The van der Waals surface area contributed by atoms with Crippen molar-refractivity contribution in [1.82, 2.24) is 10.2 Å². The van der Waals surface area contributed by atoms with Gasteiger partial charge in [-0.3, -0.25) is 9.69 Å². The van der Waals surface area contributed by atoms with E-state index in [4.69, 9.17) is 5.73 Å². The first-order valence-electron chi connectivity index (χ1n) is 7.10. The number of hydrogen-bond acceptors (Lipinski definition) is 3. The molecule has 2 fully saturated rings. The van der Waals surface area contributed by atoms with E-state index in [-0.39, 0.29) is 11.8 Å². The second-order valence-electron chi connectivity index (χ2n) is 5.59. The van der Waals surface area contributed by atoms with Gasteiger partial charge in [-0.05, 0) is 43.5 Å². The number of likely N-dealkylation sites (tertiary alicyclic amines) is 1. The van der Waals surface area contributed by atoms with Crippen molar-refractivity contribution in [3.05, 3.63) is 29.8 Å². The standard InChI is InChI=1S/C15H21N3O/c16-12-5-3-11(4-6-12)7-9-18-8-1-2-13-14(18)10-17-15(13)19/h3-6,13-14H,1-2,7-10,16H2,(H,17,19). The molecular formula is C15H21N3O. The number of nitrogen functional groups attached to an aromatic ring is 1. The van der Waals surface area contributed by atoms with Crippen LogP contribution in [0.2, 0.25) is 0 Å². The number of benzene rings is 1. The zero-order valence-electron chi connectivity index (χ0n) is 11.1. The van der Waals surface area contributed by atoms with Crippen molar-refractivity contribution >= 4 is 11.6 Å². The van der Waals surface area contributed by atoms with Crippen molar-refractivity contribution in [2.75, 3.05) is 25.4 Å². The van der Waals surface area contributed by atoms with Crippen LogP contribution >= 0.6 is 0 Å². The molecule has 0 bridgehead atoms. The first-order chi connectivity index (χ1) is 9.24. The van der Waals surface area contributed by atoms with Crippen molar-refractivity contribution in [2.45, 2.75) is 25.3 Å². The lowest BCUT2D eigenvalue weighted by atomic mass is 9.91. The van der Waals surface area contributed by atoms with Crippen LogP contribution in [0.4, 0.5) is 5.69 Å². The molecule has 2 aliphatic heterocycles. The van der Waals surface area contributed by atoms with Crippen molar-refractivity contribution in [1.29, 1.82) is 0 Å². The molecule has 3 N–H and O–H groups in total. The predicted octanol–water partition coefficient (Wildman–Crippen LogP) is 1.02. The zero-order chi connectivity index (χ0) is 13.2. The predicted molar refractivity (Wildman–Crippen MR) is 75.7 cm³/mol. The first kappa shape index (κ1) is 12.5. The van der Waals surface area contributed by atoms with Crippen LogP contribution < -0.4 is 11.1 Å². The number of nitrogens with zero attached hydrogens (tertiary/aromatic N) is 1. The molecule has 0 aromatic heterocycles. The fourth-order valence-corrected chi connectivity index (χ4v) is 3.28. The Labute approximate surface area is 114 Å². The van der Waals surface area contributed by atoms with Crippen molar-refractivity contribution in [2.24, 2.45) is 5.92 Å². The molecule has 102 valence electrons. The molecule has 1 amide bonds. The summed E-state index contributed by atoms with van der Waals surface area (Å²) in [6.45, 7) is 2.97. The normalized spacial score (nSPS) is 27.1. The summed E-state index contributed by atoms with van der Waals surface area (Å²) >= 11 is 0. The van der Waals surface area contributed by atoms with Gasteiger partial charge in [-0.2, -0.15) is 0 Å². The zero-order valence-corrected chi connectivity index (χ0v) is 11.1. The van der Waals surface area contributed by atoms with Crippen LogP contribution in [0.1, 0.15) is 18.4 Å². The highest BCUT2D eigenvalue weighted by atomic mass is 16.2. The van der Waals surface area contributed by atoms with Crippen molar-refractivity contribution < 1.29 is 4.79 Å². The van der Waals surface area contributed by atoms with E-state index in [1.807, 2.05) is 12.1 Å². The molecule has 2 atom stereocenters. The van der Waals surface area contributed by atoms with Crippen LogP contribution in [0, 0.1) is 5.92 Å².